The maximum Gasteiger partial charge on any atom is 0.235 e. The predicted octanol–water partition coefficient (Wildman–Crippen LogP) is 4.14. The van der Waals surface area contributed by atoms with Crippen LogP contribution in [0.2, 0.25) is 0 Å². The van der Waals surface area contributed by atoms with E-state index in [9.17, 15) is 4.79 Å². The van der Waals surface area contributed by atoms with E-state index >= 15 is 0 Å². The van der Waals surface area contributed by atoms with Crippen molar-refractivity contribution in [1.82, 2.24) is 19.7 Å². The Bertz CT molecular complexity index is 849. The van der Waals surface area contributed by atoms with Crippen LogP contribution in [0.5, 0.6) is 0 Å². The SMILES string of the molecule is CC1CCN(C(=O)C(C)Sc2nnc(N3CC(C)CC(C)C3)n2Cc2ccco2)CC1. The minimum atomic E-state index is -0.194. The molecule has 0 radical (unpaired) electrons. The lowest BCUT2D eigenvalue weighted by atomic mass is 9.92. The molecule has 1 amide bonds. The fourth-order valence-electron chi connectivity index (χ4n) is 4.82. The van der Waals surface area contributed by atoms with Crippen LogP contribution in [0.15, 0.2) is 28.0 Å². The molecule has 0 saturated carbocycles. The fraction of sp³-hybridized carbons (Fsp3) is 0.696. The summed E-state index contributed by atoms with van der Waals surface area (Å²) in [6, 6.07) is 3.88. The molecular formula is C23H35N5O2S. The summed E-state index contributed by atoms with van der Waals surface area (Å²) >= 11 is 1.51. The van der Waals surface area contributed by atoms with E-state index in [2.05, 4.69) is 40.4 Å². The van der Waals surface area contributed by atoms with Crippen molar-refractivity contribution in [2.75, 3.05) is 31.1 Å². The number of likely N-dealkylation sites (tertiary alicyclic amines) is 1. The molecule has 170 valence electrons. The van der Waals surface area contributed by atoms with Crippen LogP contribution in [-0.2, 0) is 11.3 Å². The van der Waals surface area contributed by atoms with Crippen LogP contribution in [0.4, 0.5) is 5.95 Å². The van der Waals surface area contributed by atoms with Gasteiger partial charge in [-0.25, -0.2) is 0 Å². The highest BCUT2D eigenvalue weighted by atomic mass is 32.2. The first kappa shape index (κ1) is 22.2. The first-order valence-electron chi connectivity index (χ1n) is 11.6. The molecule has 2 fully saturated rings. The monoisotopic (exact) mass is 445 g/mol. The number of nitrogens with zero attached hydrogens (tertiary/aromatic N) is 5. The van der Waals surface area contributed by atoms with E-state index in [0.29, 0.717) is 24.3 Å². The molecular weight excluding hydrogens is 410 g/mol. The topological polar surface area (TPSA) is 67.4 Å². The highest BCUT2D eigenvalue weighted by Crippen LogP contribution is 2.31. The van der Waals surface area contributed by atoms with E-state index in [1.54, 1.807) is 6.26 Å². The van der Waals surface area contributed by atoms with Crippen molar-refractivity contribution in [2.24, 2.45) is 17.8 Å². The van der Waals surface area contributed by atoms with Crippen molar-refractivity contribution in [1.29, 1.82) is 0 Å². The van der Waals surface area contributed by atoms with Crippen LogP contribution in [-0.4, -0.2) is 57.0 Å². The predicted molar refractivity (Wildman–Crippen MR) is 123 cm³/mol. The Morgan fingerprint density at radius 1 is 1.16 bits per heavy atom. The van der Waals surface area contributed by atoms with Gasteiger partial charge in [0.05, 0.1) is 18.1 Å². The minimum absolute atomic E-state index is 0.194. The molecule has 0 spiro atoms. The minimum Gasteiger partial charge on any atom is -0.467 e. The van der Waals surface area contributed by atoms with Crippen LogP contribution < -0.4 is 4.90 Å². The van der Waals surface area contributed by atoms with Crippen molar-refractivity contribution in [2.45, 2.75) is 63.9 Å². The van der Waals surface area contributed by atoms with Gasteiger partial charge in [-0.05, 0) is 56.1 Å². The third-order valence-corrected chi connectivity index (χ3v) is 7.54. The Labute approximate surface area is 189 Å². The van der Waals surface area contributed by atoms with Gasteiger partial charge in [0.25, 0.3) is 0 Å². The van der Waals surface area contributed by atoms with Crippen LogP contribution in [0.3, 0.4) is 0 Å². The number of carbonyl (C=O) groups excluding carboxylic acids is 1. The standard InChI is InChI=1S/C23H35N5O2S/c1-16-7-9-26(10-8-16)21(29)19(4)31-23-25-24-22(27-13-17(2)12-18(3)14-27)28(23)15-20-6-5-11-30-20/h5-6,11,16-19H,7-10,12-15H2,1-4H3. The molecule has 0 aromatic carbocycles. The summed E-state index contributed by atoms with van der Waals surface area (Å²) in [5, 5.41) is 9.69. The van der Waals surface area contributed by atoms with Gasteiger partial charge >= 0.3 is 0 Å². The van der Waals surface area contributed by atoms with E-state index in [4.69, 9.17) is 4.42 Å². The van der Waals surface area contributed by atoms with Gasteiger partial charge in [0.2, 0.25) is 11.9 Å². The molecule has 2 saturated heterocycles. The van der Waals surface area contributed by atoms with Gasteiger partial charge in [-0.3, -0.25) is 9.36 Å². The molecule has 4 heterocycles. The molecule has 3 unspecified atom stereocenters. The third-order valence-electron chi connectivity index (χ3n) is 6.47. The Morgan fingerprint density at radius 3 is 2.52 bits per heavy atom. The average Bonchev–Trinajstić information content (AvgIpc) is 3.38. The lowest BCUT2D eigenvalue weighted by Gasteiger charge is -2.35. The number of piperidine rings is 2. The van der Waals surface area contributed by atoms with Crippen LogP contribution in [0.1, 0.15) is 52.7 Å². The zero-order chi connectivity index (χ0) is 22.0. The summed E-state index contributed by atoms with van der Waals surface area (Å²) in [5.41, 5.74) is 0. The molecule has 4 rings (SSSR count). The molecule has 0 N–H and O–H groups in total. The number of furan rings is 1. The van der Waals surface area contributed by atoms with Gasteiger partial charge in [0.15, 0.2) is 5.16 Å². The fourth-order valence-corrected chi connectivity index (χ4v) is 5.75. The molecule has 7 nitrogen and oxygen atoms in total. The Balaban J connectivity index is 1.53. The summed E-state index contributed by atoms with van der Waals surface area (Å²) in [6.45, 7) is 13.1. The summed E-state index contributed by atoms with van der Waals surface area (Å²) in [7, 11) is 0. The largest absolute Gasteiger partial charge is 0.467 e. The number of aromatic nitrogens is 3. The number of hydrogen-bond donors (Lipinski definition) is 0. The second-order valence-electron chi connectivity index (χ2n) is 9.57. The van der Waals surface area contributed by atoms with Crippen molar-refractivity contribution < 1.29 is 9.21 Å². The number of anilines is 1. The normalized spacial score (nSPS) is 23.9. The van der Waals surface area contributed by atoms with Gasteiger partial charge in [0, 0.05) is 26.2 Å². The average molecular weight is 446 g/mol. The smallest absolute Gasteiger partial charge is 0.235 e. The number of carbonyl (C=O) groups is 1. The molecule has 2 aliphatic heterocycles. The zero-order valence-corrected chi connectivity index (χ0v) is 20.0. The summed E-state index contributed by atoms with van der Waals surface area (Å²) in [6.07, 6.45) is 5.12. The van der Waals surface area contributed by atoms with Crippen LogP contribution in [0, 0.1) is 17.8 Å². The van der Waals surface area contributed by atoms with Gasteiger partial charge in [-0.2, -0.15) is 0 Å². The lowest BCUT2D eigenvalue weighted by Crippen LogP contribution is -2.42. The molecule has 2 aliphatic rings. The molecule has 2 aromatic rings. The van der Waals surface area contributed by atoms with E-state index in [-0.39, 0.29) is 11.2 Å². The van der Waals surface area contributed by atoms with Crippen molar-refractivity contribution >= 4 is 23.6 Å². The molecule has 0 bridgehead atoms. The second-order valence-corrected chi connectivity index (χ2v) is 10.9. The Hall–Kier alpha value is -1.96. The Morgan fingerprint density at radius 2 is 1.87 bits per heavy atom. The molecule has 31 heavy (non-hydrogen) atoms. The van der Waals surface area contributed by atoms with E-state index in [1.807, 2.05) is 24.0 Å². The number of amides is 1. The maximum atomic E-state index is 13.1. The number of thioether (sulfide) groups is 1. The van der Waals surface area contributed by atoms with Gasteiger partial charge < -0.3 is 14.2 Å². The van der Waals surface area contributed by atoms with Crippen molar-refractivity contribution in [3.63, 3.8) is 0 Å². The molecule has 0 aliphatic carbocycles. The number of rotatable bonds is 6. The van der Waals surface area contributed by atoms with E-state index < -0.39 is 0 Å². The van der Waals surface area contributed by atoms with Crippen molar-refractivity contribution in [3.8, 4) is 0 Å². The second kappa shape index (κ2) is 9.67. The highest BCUT2D eigenvalue weighted by Gasteiger charge is 2.30. The van der Waals surface area contributed by atoms with E-state index in [0.717, 1.165) is 55.9 Å². The van der Waals surface area contributed by atoms with Crippen molar-refractivity contribution in [3.05, 3.63) is 24.2 Å². The first-order valence-corrected chi connectivity index (χ1v) is 12.4. The zero-order valence-electron chi connectivity index (χ0n) is 19.2. The first-order chi connectivity index (χ1) is 14.9. The third kappa shape index (κ3) is 5.27. The highest BCUT2D eigenvalue weighted by molar-refractivity contribution is 8.00. The van der Waals surface area contributed by atoms with Crippen LogP contribution >= 0.6 is 11.8 Å². The Kier molecular flexibility index (Phi) is 6.94. The molecule has 2 aromatic heterocycles. The summed E-state index contributed by atoms with van der Waals surface area (Å²) in [4.78, 5) is 17.4. The molecule has 3 atom stereocenters. The lowest BCUT2D eigenvalue weighted by molar-refractivity contribution is -0.131. The number of hydrogen-bond acceptors (Lipinski definition) is 6. The van der Waals surface area contributed by atoms with E-state index in [1.165, 1.54) is 18.2 Å². The van der Waals surface area contributed by atoms with Crippen LogP contribution in [0.25, 0.3) is 0 Å². The van der Waals surface area contributed by atoms with Gasteiger partial charge in [0.1, 0.15) is 5.76 Å². The van der Waals surface area contributed by atoms with Gasteiger partial charge in [-0.15, -0.1) is 10.2 Å². The molecule has 8 heteroatoms. The van der Waals surface area contributed by atoms with Gasteiger partial charge in [-0.1, -0.05) is 32.5 Å². The maximum absolute atomic E-state index is 13.1. The quantitative estimate of drug-likeness (QED) is 0.623. The summed E-state index contributed by atoms with van der Waals surface area (Å²) < 4.78 is 7.75. The summed E-state index contributed by atoms with van der Waals surface area (Å²) in [5.74, 6) is 3.89.